The number of alkyl halides is 5. The fraction of sp³-hybridized carbons (Fsp3) is 1.00. The van der Waals surface area contributed by atoms with Gasteiger partial charge in [-0.25, -0.2) is 17.6 Å². The first-order chi connectivity index (χ1) is 4.00. The molecule has 0 nitrogen and oxygen atoms in total. The summed E-state index contributed by atoms with van der Waals surface area (Å²) in [7, 11) is 0. The molecular formula is C4H5F5. The van der Waals surface area contributed by atoms with Gasteiger partial charge in [-0.3, -0.25) is 4.39 Å². The van der Waals surface area contributed by atoms with Gasteiger partial charge in [0.05, 0.1) is 6.67 Å². The number of halogens is 5. The van der Waals surface area contributed by atoms with Crippen LogP contribution in [-0.2, 0) is 0 Å². The van der Waals surface area contributed by atoms with E-state index in [1.165, 1.54) is 0 Å². The predicted octanol–water partition coefficient (Wildman–Crippen LogP) is 2.25. The van der Waals surface area contributed by atoms with Crippen molar-refractivity contribution in [2.75, 3.05) is 6.67 Å². The Labute approximate surface area is 48.7 Å². The van der Waals surface area contributed by atoms with Gasteiger partial charge in [0.1, 0.15) is 0 Å². The van der Waals surface area contributed by atoms with Gasteiger partial charge in [-0.2, -0.15) is 0 Å². The molecule has 0 spiro atoms. The second kappa shape index (κ2) is 2.98. The highest BCUT2D eigenvalue weighted by Crippen LogP contribution is 2.26. The Bertz CT molecular complexity index is 79.0. The molecular weight excluding hydrogens is 143 g/mol. The fourth-order valence-electron chi connectivity index (χ4n) is 0.235. The van der Waals surface area contributed by atoms with Crippen LogP contribution in [0.2, 0.25) is 0 Å². The van der Waals surface area contributed by atoms with Gasteiger partial charge in [-0.05, 0) is 0 Å². The van der Waals surface area contributed by atoms with Gasteiger partial charge in [-0.15, -0.1) is 0 Å². The van der Waals surface area contributed by atoms with Gasteiger partial charge in [-0.1, -0.05) is 0 Å². The third kappa shape index (κ3) is 2.62. The van der Waals surface area contributed by atoms with E-state index in [4.69, 9.17) is 0 Å². The third-order valence-corrected chi connectivity index (χ3v) is 0.747. The van der Waals surface area contributed by atoms with E-state index in [1.54, 1.807) is 0 Å². The molecule has 0 aromatic heterocycles. The number of rotatable bonds is 3. The molecule has 0 aliphatic heterocycles. The monoisotopic (exact) mass is 148 g/mol. The van der Waals surface area contributed by atoms with Crippen molar-refractivity contribution in [2.45, 2.75) is 18.8 Å². The Morgan fingerprint density at radius 2 is 1.67 bits per heavy atom. The average molecular weight is 148 g/mol. The lowest BCUT2D eigenvalue weighted by Gasteiger charge is -2.11. The molecule has 0 aromatic rings. The number of hydrogen-bond donors (Lipinski definition) is 0. The van der Waals surface area contributed by atoms with Gasteiger partial charge in [0, 0.05) is 6.42 Å². The van der Waals surface area contributed by atoms with Crippen molar-refractivity contribution < 1.29 is 22.0 Å². The van der Waals surface area contributed by atoms with Crippen LogP contribution in [-0.4, -0.2) is 19.0 Å². The minimum Gasteiger partial charge on any atom is -0.251 e. The van der Waals surface area contributed by atoms with Crippen molar-refractivity contribution in [1.29, 1.82) is 0 Å². The summed E-state index contributed by atoms with van der Waals surface area (Å²) in [5, 5.41) is 0. The minimum absolute atomic E-state index is 1.40. The smallest absolute Gasteiger partial charge is 0.251 e. The molecule has 0 radical (unpaired) electrons. The summed E-state index contributed by atoms with van der Waals surface area (Å²) in [4.78, 5) is 0. The summed E-state index contributed by atoms with van der Waals surface area (Å²) < 4.78 is 56.3. The maximum Gasteiger partial charge on any atom is 0.310 e. The van der Waals surface area contributed by atoms with Crippen molar-refractivity contribution >= 4 is 0 Å². The van der Waals surface area contributed by atoms with Gasteiger partial charge in [0.15, 0.2) is 0 Å². The molecule has 0 fully saturated rings. The van der Waals surface area contributed by atoms with Gasteiger partial charge < -0.3 is 0 Å². The lowest BCUT2D eigenvalue weighted by Crippen LogP contribution is -2.26. The maximum atomic E-state index is 11.6. The molecule has 0 unspecified atom stereocenters. The first kappa shape index (κ1) is 8.65. The van der Waals surface area contributed by atoms with Crippen LogP contribution in [0.15, 0.2) is 0 Å². The van der Waals surface area contributed by atoms with Gasteiger partial charge in [0.25, 0.3) is 0 Å². The van der Waals surface area contributed by atoms with Crippen molar-refractivity contribution in [3.8, 4) is 0 Å². The highest BCUT2D eigenvalue weighted by atomic mass is 19.3. The normalized spacial score (nSPS) is 12.7. The summed E-state index contributed by atoms with van der Waals surface area (Å²) in [5.41, 5.74) is 0. The first-order valence-electron chi connectivity index (χ1n) is 2.22. The molecule has 5 heteroatoms. The van der Waals surface area contributed by atoms with Crippen LogP contribution in [0.5, 0.6) is 0 Å². The maximum absolute atomic E-state index is 11.6. The highest BCUT2D eigenvalue weighted by molar-refractivity contribution is 4.67. The van der Waals surface area contributed by atoms with Crippen molar-refractivity contribution in [3.05, 3.63) is 0 Å². The number of hydrogen-bond acceptors (Lipinski definition) is 0. The van der Waals surface area contributed by atoms with Crippen LogP contribution in [0.1, 0.15) is 6.42 Å². The largest absolute Gasteiger partial charge is 0.310 e. The molecule has 0 saturated carbocycles. The molecule has 56 valence electrons. The van der Waals surface area contributed by atoms with Crippen molar-refractivity contribution in [2.24, 2.45) is 0 Å². The van der Waals surface area contributed by atoms with Gasteiger partial charge >= 0.3 is 12.3 Å². The topological polar surface area (TPSA) is 0 Å². The molecule has 0 aliphatic rings. The van der Waals surface area contributed by atoms with Crippen LogP contribution >= 0.6 is 0 Å². The lowest BCUT2D eigenvalue weighted by atomic mass is 10.3. The first-order valence-corrected chi connectivity index (χ1v) is 2.22. The zero-order chi connectivity index (χ0) is 7.49. The molecule has 0 heterocycles. The van der Waals surface area contributed by atoms with Crippen LogP contribution in [0.25, 0.3) is 0 Å². The van der Waals surface area contributed by atoms with Crippen LogP contribution in [0, 0.1) is 0 Å². The zero-order valence-corrected chi connectivity index (χ0v) is 4.38. The molecule has 0 N–H and O–H groups in total. The summed E-state index contributed by atoms with van der Waals surface area (Å²) in [6, 6.07) is 0. The Morgan fingerprint density at radius 1 is 1.22 bits per heavy atom. The van der Waals surface area contributed by atoms with E-state index in [0.717, 1.165) is 0 Å². The third-order valence-electron chi connectivity index (χ3n) is 0.747. The Morgan fingerprint density at radius 3 is 1.78 bits per heavy atom. The van der Waals surface area contributed by atoms with E-state index in [9.17, 15) is 22.0 Å². The molecule has 0 atom stereocenters. The second-order valence-electron chi connectivity index (χ2n) is 1.50. The average Bonchev–Trinajstić information content (AvgIpc) is 1.65. The predicted molar refractivity (Wildman–Crippen MR) is 21.5 cm³/mol. The van der Waals surface area contributed by atoms with Crippen LogP contribution in [0.3, 0.4) is 0 Å². The fourth-order valence-corrected chi connectivity index (χ4v) is 0.235. The molecule has 0 rings (SSSR count). The molecule has 0 aromatic carbocycles. The summed E-state index contributed by atoms with van der Waals surface area (Å²) in [5.74, 6) is -4.16. The second-order valence-corrected chi connectivity index (χ2v) is 1.50. The molecule has 0 aliphatic carbocycles. The van der Waals surface area contributed by atoms with E-state index < -0.39 is 25.4 Å². The van der Waals surface area contributed by atoms with Crippen LogP contribution in [0.4, 0.5) is 22.0 Å². The van der Waals surface area contributed by atoms with E-state index >= 15 is 0 Å². The van der Waals surface area contributed by atoms with E-state index in [1.807, 2.05) is 0 Å². The SMILES string of the molecule is FCCC(F)(F)C(F)F. The summed E-state index contributed by atoms with van der Waals surface area (Å²) >= 11 is 0. The Hall–Kier alpha value is -0.350. The lowest BCUT2D eigenvalue weighted by molar-refractivity contribution is -0.134. The van der Waals surface area contributed by atoms with E-state index in [-0.39, 0.29) is 0 Å². The summed E-state index contributed by atoms with van der Waals surface area (Å²) in [6.45, 7) is -1.42. The molecule has 0 amide bonds. The Kier molecular flexibility index (Phi) is 2.87. The molecule has 9 heavy (non-hydrogen) atoms. The van der Waals surface area contributed by atoms with Crippen molar-refractivity contribution in [3.63, 3.8) is 0 Å². The Balaban J connectivity index is 3.70. The van der Waals surface area contributed by atoms with E-state index in [2.05, 4.69) is 0 Å². The summed E-state index contributed by atoms with van der Waals surface area (Å²) in [6.07, 6.45) is -5.15. The minimum atomic E-state index is -4.16. The molecule has 0 saturated heterocycles. The van der Waals surface area contributed by atoms with Crippen molar-refractivity contribution in [1.82, 2.24) is 0 Å². The van der Waals surface area contributed by atoms with Crippen LogP contribution < -0.4 is 0 Å². The van der Waals surface area contributed by atoms with E-state index in [0.29, 0.717) is 0 Å². The highest BCUT2D eigenvalue weighted by Gasteiger charge is 2.39. The standard InChI is InChI=1S/C4H5F5/c5-2-1-4(8,9)3(6)7/h3H,1-2H2. The quantitative estimate of drug-likeness (QED) is 0.538. The zero-order valence-electron chi connectivity index (χ0n) is 4.38. The molecule has 0 bridgehead atoms. The van der Waals surface area contributed by atoms with Gasteiger partial charge in [0.2, 0.25) is 0 Å².